The molecule has 4 heteroatoms. The molecule has 0 radical (unpaired) electrons. The third-order valence-electron chi connectivity index (χ3n) is 2.96. The van der Waals surface area contributed by atoms with Crippen molar-refractivity contribution in [1.82, 2.24) is 14.9 Å². The van der Waals surface area contributed by atoms with Gasteiger partial charge in [-0.15, -0.1) is 12.4 Å². The molecule has 2 aromatic heterocycles. The van der Waals surface area contributed by atoms with E-state index in [0.717, 1.165) is 13.1 Å². The number of fused-ring (bicyclic) bond motifs is 1. The van der Waals surface area contributed by atoms with Gasteiger partial charge in [-0.25, -0.2) is 4.52 Å². The summed E-state index contributed by atoms with van der Waals surface area (Å²) in [6.45, 7) is 2.26. The lowest BCUT2D eigenvalue weighted by Gasteiger charge is -2.08. The standard InChI is InChI=1S/C11H13N3.ClH/c1-4-12-8-10(1)9-3-6-14-11(7-9)2-5-13-14;/h2-3,5-7,10,12H,1,4,8H2;1H. The second kappa shape index (κ2) is 4.21. The number of halogens is 1. The molecule has 80 valence electrons. The van der Waals surface area contributed by atoms with Crippen LogP contribution < -0.4 is 5.32 Å². The van der Waals surface area contributed by atoms with Crippen molar-refractivity contribution in [3.05, 3.63) is 36.2 Å². The molecule has 3 nitrogen and oxygen atoms in total. The van der Waals surface area contributed by atoms with E-state index in [2.05, 4.69) is 22.5 Å². The Labute approximate surface area is 94.9 Å². The van der Waals surface area contributed by atoms with E-state index in [1.54, 1.807) is 0 Å². The summed E-state index contributed by atoms with van der Waals surface area (Å²) in [6, 6.07) is 6.47. The van der Waals surface area contributed by atoms with Crippen LogP contribution in [0.4, 0.5) is 0 Å². The lowest BCUT2D eigenvalue weighted by Crippen LogP contribution is -2.08. The SMILES string of the molecule is Cl.c1cc2cc(C3CCNC3)ccn2n1. The summed E-state index contributed by atoms with van der Waals surface area (Å²) >= 11 is 0. The van der Waals surface area contributed by atoms with Gasteiger partial charge in [-0.2, -0.15) is 5.10 Å². The van der Waals surface area contributed by atoms with Gasteiger partial charge in [0.25, 0.3) is 0 Å². The molecular weight excluding hydrogens is 210 g/mol. The average Bonchev–Trinajstić information content (AvgIpc) is 2.88. The fourth-order valence-electron chi connectivity index (χ4n) is 2.13. The Kier molecular flexibility index (Phi) is 2.93. The molecule has 1 fully saturated rings. The number of nitrogens with one attached hydrogen (secondary N) is 1. The maximum atomic E-state index is 4.19. The molecule has 2 aromatic rings. The molecule has 1 unspecified atom stereocenters. The second-order valence-corrected chi connectivity index (χ2v) is 3.85. The predicted octanol–water partition coefficient (Wildman–Crippen LogP) is 1.83. The van der Waals surface area contributed by atoms with E-state index >= 15 is 0 Å². The van der Waals surface area contributed by atoms with E-state index in [9.17, 15) is 0 Å². The zero-order valence-electron chi connectivity index (χ0n) is 8.39. The Balaban J connectivity index is 0.000000853. The molecule has 0 saturated carbocycles. The maximum Gasteiger partial charge on any atom is 0.0664 e. The van der Waals surface area contributed by atoms with Crippen LogP contribution in [0.15, 0.2) is 30.6 Å². The Hall–Kier alpha value is -1.06. The van der Waals surface area contributed by atoms with E-state index in [1.165, 1.54) is 17.5 Å². The minimum absolute atomic E-state index is 0. The van der Waals surface area contributed by atoms with Crippen LogP contribution >= 0.6 is 12.4 Å². The molecule has 0 aliphatic carbocycles. The minimum Gasteiger partial charge on any atom is -0.316 e. The summed E-state index contributed by atoms with van der Waals surface area (Å²) in [4.78, 5) is 0. The Morgan fingerprint density at radius 2 is 2.33 bits per heavy atom. The lowest BCUT2D eigenvalue weighted by molar-refractivity contribution is 0.760. The van der Waals surface area contributed by atoms with E-state index in [0.29, 0.717) is 5.92 Å². The maximum absolute atomic E-state index is 4.19. The van der Waals surface area contributed by atoms with Crippen molar-refractivity contribution in [2.45, 2.75) is 12.3 Å². The summed E-state index contributed by atoms with van der Waals surface area (Å²) in [7, 11) is 0. The normalized spacial score (nSPS) is 20.4. The Morgan fingerprint density at radius 3 is 3.13 bits per heavy atom. The van der Waals surface area contributed by atoms with Gasteiger partial charge in [0.1, 0.15) is 0 Å². The Bertz CT molecular complexity index is 446. The molecule has 15 heavy (non-hydrogen) atoms. The molecule has 3 heterocycles. The van der Waals surface area contributed by atoms with Crippen LogP contribution in [-0.4, -0.2) is 22.7 Å². The summed E-state index contributed by atoms with van der Waals surface area (Å²) in [5.74, 6) is 0.690. The largest absolute Gasteiger partial charge is 0.316 e. The molecule has 1 saturated heterocycles. The molecule has 0 aromatic carbocycles. The van der Waals surface area contributed by atoms with Crippen molar-refractivity contribution in [3.63, 3.8) is 0 Å². The number of rotatable bonds is 1. The monoisotopic (exact) mass is 223 g/mol. The van der Waals surface area contributed by atoms with Gasteiger partial charge >= 0.3 is 0 Å². The van der Waals surface area contributed by atoms with Crippen molar-refractivity contribution in [3.8, 4) is 0 Å². The van der Waals surface area contributed by atoms with Gasteiger partial charge in [-0.05, 0) is 42.6 Å². The van der Waals surface area contributed by atoms with Crippen LogP contribution in [0.2, 0.25) is 0 Å². The van der Waals surface area contributed by atoms with Crippen LogP contribution in [0, 0.1) is 0 Å². The zero-order valence-corrected chi connectivity index (χ0v) is 9.20. The van der Waals surface area contributed by atoms with Crippen molar-refractivity contribution in [2.75, 3.05) is 13.1 Å². The predicted molar refractivity (Wildman–Crippen MR) is 62.7 cm³/mol. The third-order valence-corrected chi connectivity index (χ3v) is 2.96. The average molecular weight is 224 g/mol. The molecule has 0 spiro atoms. The first-order valence-electron chi connectivity index (χ1n) is 5.07. The van der Waals surface area contributed by atoms with Gasteiger partial charge in [0, 0.05) is 18.9 Å². The first-order valence-corrected chi connectivity index (χ1v) is 5.07. The third kappa shape index (κ3) is 1.85. The van der Waals surface area contributed by atoms with Gasteiger partial charge < -0.3 is 5.32 Å². The van der Waals surface area contributed by atoms with Crippen LogP contribution in [0.5, 0.6) is 0 Å². The number of hydrogen-bond donors (Lipinski definition) is 1. The van der Waals surface area contributed by atoms with E-state index in [-0.39, 0.29) is 12.4 Å². The quantitative estimate of drug-likeness (QED) is 0.800. The van der Waals surface area contributed by atoms with Crippen LogP contribution in [0.1, 0.15) is 17.9 Å². The molecule has 1 aliphatic heterocycles. The van der Waals surface area contributed by atoms with Crippen molar-refractivity contribution >= 4 is 17.9 Å². The summed E-state index contributed by atoms with van der Waals surface area (Å²) in [5, 5.41) is 7.58. The topological polar surface area (TPSA) is 29.3 Å². The Morgan fingerprint density at radius 1 is 1.40 bits per heavy atom. The number of nitrogens with zero attached hydrogens (tertiary/aromatic N) is 2. The van der Waals surface area contributed by atoms with Crippen molar-refractivity contribution < 1.29 is 0 Å². The lowest BCUT2D eigenvalue weighted by atomic mass is 9.99. The van der Waals surface area contributed by atoms with Gasteiger partial charge in [-0.1, -0.05) is 0 Å². The van der Waals surface area contributed by atoms with Crippen LogP contribution in [-0.2, 0) is 0 Å². The van der Waals surface area contributed by atoms with Gasteiger partial charge in [-0.3, -0.25) is 0 Å². The fourth-order valence-corrected chi connectivity index (χ4v) is 2.13. The van der Waals surface area contributed by atoms with E-state index in [4.69, 9.17) is 0 Å². The first-order chi connectivity index (χ1) is 6.93. The van der Waals surface area contributed by atoms with E-state index < -0.39 is 0 Å². The highest BCUT2D eigenvalue weighted by atomic mass is 35.5. The summed E-state index contributed by atoms with van der Waals surface area (Å²) in [5.41, 5.74) is 2.62. The highest BCUT2D eigenvalue weighted by Crippen LogP contribution is 2.22. The molecule has 1 N–H and O–H groups in total. The highest BCUT2D eigenvalue weighted by molar-refractivity contribution is 5.85. The van der Waals surface area contributed by atoms with Crippen molar-refractivity contribution in [1.29, 1.82) is 0 Å². The smallest absolute Gasteiger partial charge is 0.0664 e. The number of pyridine rings is 1. The minimum atomic E-state index is 0. The van der Waals surface area contributed by atoms with Crippen LogP contribution in [0.3, 0.4) is 0 Å². The van der Waals surface area contributed by atoms with Gasteiger partial charge in [0.2, 0.25) is 0 Å². The number of hydrogen-bond acceptors (Lipinski definition) is 2. The number of aromatic nitrogens is 2. The highest BCUT2D eigenvalue weighted by Gasteiger charge is 2.16. The molecule has 1 aliphatic rings. The van der Waals surface area contributed by atoms with Crippen LogP contribution in [0.25, 0.3) is 5.52 Å². The summed E-state index contributed by atoms with van der Waals surface area (Å²) < 4.78 is 1.91. The van der Waals surface area contributed by atoms with Gasteiger partial charge in [0.15, 0.2) is 0 Å². The molecule has 1 atom stereocenters. The second-order valence-electron chi connectivity index (χ2n) is 3.85. The molecular formula is C11H14ClN3. The first kappa shape index (κ1) is 10.5. The molecule has 0 amide bonds. The summed E-state index contributed by atoms with van der Waals surface area (Å²) in [6.07, 6.45) is 5.14. The molecule has 0 bridgehead atoms. The fraction of sp³-hybridized carbons (Fsp3) is 0.364. The van der Waals surface area contributed by atoms with Gasteiger partial charge in [0.05, 0.1) is 5.52 Å². The van der Waals surface area contributed by atoms with Crippen molar-refractivity contribution in [2.24, 2.45) is 0 Å². The van der Waals surface area contributed by atoms with E-state index in [1.807, 2.05) is 23.0 Å². The zero-order chi connectivity index (χ0) is 9.38. The molecule has 3 rings (SSSR count).